The van der Waals surface area contributed by atoms with Crippen LogP contribution in [0.5, 0.6) is 0 Å². The van der Waals surface area contributed by atoms with Crippen molar-refractivity contribution in [3.8, 4) is 0 Å². The van der Waals surface area contributed by atoms with E-state index in [-0.39, 0.29) is 6.42 Å². The van der Waals surface area contributed by atoms with Crippen LogP contribution in [-0.4, -0.2) is 28.9 Å². The van der Waals surface area contributed by atoms with Crippen molar-refractivity contribution in [1.29, 1.82) is 0 Å². The summed E-state index contributed by atoms with van der Waals surface area (Å²) in [6.07, 6.45) is -9.69. The van der Waals surface area contributed by atoms with E-state index in [2.05, 4.69) is 0 Å². The molecule has 0 spiro atoms. The molecule has 1 nitrogen and oxygen atoms in total. The van der Waals surface area contributed by atoms with Crippen LogP contribution in [-0.2, 0) is 4.79 Å². The van der Waals surface area contributed by atoms with E-state index in [0.29, 0.717) is 11.8 Å². The Balaban J connectivity index is 4.46. The highest BCUT2D eigenvalue weighted by atomic mass is 32.2. The average molecular weight is 300 g/mol. The highest BCUT2D eigenvalue weighted by Gasteiger charge is 2.60. The summed E-state index contributed by atoms with van der Waals surface area (Å²) in [4.78, 5) is 10.7. The van der Waals surface area contributed by atoms with Crippen LogP contribution >= 0.6 is 11.8 Å². The highest BCUT2D eigenvalue weighted by Crippen LogP contribution is 2.44. The Hall–Kier alpha value is -0.470. The lowest BCUT2D eigenvalue weighted by molar-refractivity contribution is -0.264. The first kappa shape index (κ1) is 17.5. The number of rotatable bonds is 6. The molecule has 0 amide bonds. The van der Waals surface area contributed by atoms with Crippen molar-refractivity contribution in [3.05, 3.63) is 0 Å². The number of hydrogen-bond donors (Lipinski definition) is 0. The standard InChI is InChI=1S/C9H11F7OS/c1-2-6(17)18-4-3-7(10,11)8(12,13)5-9(14,15)16/h2-5H2,1H3. The lowest BCUT2D eigenvalue weighted by Gasteiger charge is -2.27. The van der Waals surface area contributed by atoms with E-state index >= 15 is 0 Å². The van der Waals surface area contributed by atoms with Crippen molar-refractivity contribution in [3.63, 3.8) is 0 Å². The van der Waals surface area contributed by atoms with Crippen molar-refractivity contribution in [2.75, 3.05) is 5.75 Å². The molecule has 0 aromatic heterocycles. The molecule has 0 aromatic carbocycles. The van der Waals surface area contributed by atoms with E-state index in [1.807, 2.05) is 0 Å². The molecule has 0 atom stereocenters. The summed E-state index contributed by atoms with van der Waals surface area (Å²) in [5, 5.41) is -0.482. The van der Waals surface area contributed by atoms with Crippen molar-refractivity contribution >= 4 is 16.9 Å². The van der Waals surface area contributed by atoms with Crippen LogP contribution in [0.1, 0.15) is 26.2 Å². The first-order valence-electron chi connectivity index (χ1n) is 4.89. The van der Waals surface area contributed by atoms with Crippen molar-refractivity contribution in [2.24, 2.45) is 0 Å². The minimum atomic E-state index is -5.38. The van der Waals surface area contributed by atoms with Crippen molar-refractivity contribution in [2.45, 2.75) is 44.2 Å². The summed E-state index contributed by atoms with van der Waals surface area (Å²) >= 11 is 0.404. The predicted molar refractivity (Wildman–Crippen MR) is 52.9 cm³/mol. The minimum Gasteiger partial charge on any atom is -0.287 e. The molecule has 0 fully saturated rings. The van der Waals surface area contributed by atoms with Crippen LogP contribution in [0.4, 0.5) is 30.7 Å². The van der Waals surface area contributed by atoms with Gasteiger partial charge in [0, 0.05) is 18.6 Å². The van der Waals surface area contributed by atoms with E-state index in [4.69, 9.17) is 0 Å². The highest BCUT2D eigenvalue weighted by molar-refractivity contribution is 8.13. The SMILES string of the molecule is CCC(=O)SCCC(F)(F)C(F)(F)CC(F)(F)F. The Bertz CT molecular complexity index is 287. The minimum absolute atomic E-state index is 0.0369. The molecule has 0 saturated carbocycles. The van der Waals surface area contributed by atoms with Gasteiger partial charge in [-0.05, 0) is 0 Å². The molecule has 0 rings (SSSR count). The van der Waals surface area contributed by atoms with Gasteiger partial charge < -0.3 is 0 Å². The second-order valence-corrected chi connectivity index (χ2v) is 4.68. The van der Waals surface area contributed by atoms with Gasteiger partial charge in [0.1, 0.15) is 6.42 Å². The summed E-state index contributed by atoms with van der Waals surface area (Å²) in [7, 11) is 0. The second kappa shape index (κ2) is 6.12. The summed E-state index contributed by atoms with van der Waals surface area (Å²) in [5.74, 6) is -10.6. The second-order valence-electron chi connectivity index (χ2n) is 3.52. The van der Waals surface area contributed by atoms with Crippen LogP contribution in [0.2, 0.25) is 0 Å². The Kier molecular flexibility index (Phi) is 5.96. The summed E-state index contributed by atoms with van der Waals surface area (Å²) in [5.41, 5.74) is 0. The fraction of sp³-hybridized carbons (Fsp3) is 0.889. The van der Waals surface area contributed by atoms with Gasteiger partial charge in [-0.1, -0.05) is 18.7 Å². The number of carbonyl (C=O) groups excluding carboxylic acids is 1. The number of halogens is 7. The van der Waals surface area contributed by atoms with Crippen molar-refractivity contribution in [1.82, 2.24) is 0 Å². The molecule has 108 valence electrons. The molecule has 0 aromatic rings. The molecule has 0 aliphatic carbocycles. The summed E-state index contributed by atoms with van der Waals surface area (Å²) in [6, 6.07) is 0. The first-order valence-corrected chi connectivity index (χ1v) is 5.88. The van der Waals surface area contributed by atoms with Gasteiger partial charge in [0.25, 0.3) is 0 Å². The predicted octanol–water partition coefficient (Wildman–Crippen LogP) is 4.27. The van der Waals surface area contributed by atoms with Crippen LogP contribution in [0.15, 0.2) is 0 Å². The molecule has 9 heteroatoms. The summed E-state index contributed by atoms with van der Waals surface area (Å²) in [6.45, 7) is 1.45. The van der Waals surface area contributed by atoms with Gasteiger partial charge >= 0.3 is 18.0 Å². The normalized spacial score (nSPS) is 13.8. The Morgan fingerprint density at radius 3 is 1.89 bits per heavy atom. The molecule has 0 aliphatic rings. The fourth-order valence-corrected chi connectivity index (χ4v) is 1.75. The molecule has 0 radical (unpaired) electrons. The van der Waals surface area contributed by atoms with Gasteiger partial charge in [0.05, 0.1) is 0 Å². The van der Waals surface area contributed by atoms with E-state index in [1.54, 1.807) is 0 Å². The maximum Gasteiger partial charge on any atom is 0.395 e. The van der Waals surface area contributed by atoms with Crippen LogP contribution in [0.25, 0.3) is 0 Å². The first-order chi connectivity index (χ1) is 7.91. The Morgan fingerprint density at radius 2 is 1.50 bits per heavy atom. The van der Waals surface area contributed by atoms with Gasteiger partial charge in [-0.3, -0.25) is 4.79 Å². The third-order valence-corrected chi connectivity index (χ3v) is 2.94. The zero-order valence-electron chi connectivity index (χ0n) is 9.29. The molecule has 18 heavy (non-hydrogen) atoms. The van der Waals surface area contributed by atoms with Crippen LogP contribution in [0.3, 0.4) is 0 Å². The maximum atomic E-state index is 12.9. The fourth-order valence-electron chi connectivity index (χ4n) is 0.959. The molecular weight excluding hydrogens is 289 g/mol. The van der Waals surface area contributed by atoms with E-state index < -0.39 is 41.7 Å². The molecular formula is C9H11F7OS. The zero-order valence-corrected chi connectivity index (χ0v) is 10.1. The van der Waals surface area contributed by atoms with Gasteiger partial charge in [-0.15, -0.1) is 0 Å². The monoisotopic (exact) mass is 300 g/mol. The number of carbonyl (C=O) groups is 1. The zero-order chi connectivity index (χ0) is 14.6. The van der Waals surface area contributed by atoms with E-state index in [1.165, 1.54) is 6.92 Å². The van der Waals surface area contributed by atoms with Gasteiger partial charge in [-0.25, -0.2) is 0 Å². The summed E-state index contributed by atoms with van der Waals surface area (Å²) < 4.78 is 86.4. The number of thioether (sulfide) groups is 1. The molecule has 0 N–H and O–H groups in total. The largest absolute Gasteiger partial charge is 0.395 e. The maximum absolute atomic E-state index is 12.9. The molecule has 0 heterocycles. The van der Waals surface area contributed by atoms with E-state index in [9.17, 15) is 35.5 Å². The van der Waals surface area contributed by atoms with E-state index in [0.717, 1.165) is 0 Å². The lowest BCUT2D eigenvalue weighted by atomic mass is 10.1. The third-order valence-electron chi connectivity index (χ3n) is 1.93. The van der Waals surface area contributed by atoms with Crippen LogP contribution < -0.4 is 0 Å². The van der Waals surface area contributed by atoms with Crippen LogP contribution in [0, 0.1) is 0 Å². The molecule has 0 saturated heterocycles. The number of hydrogen-bond acceptors (Lipinski definition) is 2. The molecule has 0 aliphatic heterocycles. The quantitative estimate of drug-likeness (QED) is 0.681. The van der Waals surface area contributed by atoms with Gasteiger partial charge in [-0.2, -0.15) is 30.7 Å². The van der Waals surface area contributed by atoms with Crippen molar-refractivity contribution < 1.29 is 35.5 Å². The Morgan fingerprint density at radius 1 is 1.00 bits per heavy atom. The molecule has 0 unspecified atom stereocenters. The Labute approximate surface area is 103 Å². The van der Waals surface area contributed by atoms with Gasteiger partial charge in [0.15, 0.2) is 5.12 Å². The average Bonchev–Trinajstić information content (AvgIpc) is 2.13. The lowest BCUT2D eigenvalue weighted by Crippen LogP contribution is -2.44. The third kappa shape index (κ3) is 5.92. The smallest absolute Gasteiger partial charge is 0.287 e. The number of alkyl halides is 7. The molecule has 0 bridgehead atoms. The topological polar surface area (TPSA) is 17.1 Å². The van der Waals surface area contributed by atoms with Gasteiger partial charge in [0.2, 0.25) is 0 Å².